The molecule has 0 heterocycles. The van der Waals surface area contributed by atoms with Crippen LogP contribution in [0.2, 0.25) is 0 Å². The monoisotopic (exact) mass is 288 g/mol. The van der Waals surface area contributed by atoms with E-state index < -0.39 is 0 Å². The molecule has 0 amide bonds. The van der Waals surface area contributed by atoms with Crippen LogP contribution in [0.25, 0.3) is 0 Å². The number of hydrogen-bond acceptors (Lipinski definition) is 1. The number of aliphatic hydroxyl groups is 1. The van der Waals surface area contributed by atoms with Crippen LogP contribution in [0.3, 0.4) is 0 Å². The highest BCUT2D eigenvalue weighted by Gasteiger charge is 2.63. The Labute approximate surface area is 130 Å². The van der Waals surface area contributed by atoms with Crippen LogP contribution < -0.4 is 0 Å². The molecule has 1 nitrogen and oxygen atoms in total. The minimum Gasteiger partial charge on any atom is -0.396 e. The lowest BCUT2D eigenvalue weighted by molar-refractivity contribution is -0.158. The van der Waals surface area contributed by atoms with Gasteiger partial charge in [0.05, 0.1) is 0 Å². The Morgan fingerprint density at radius 2 is 1.90 bits per heavy atom. The first kappa shape index (κ1) is 14.3. The minimum absolute atomic E-state index is 0.182. The fourth-order valence-corrected chi connectivity index (χ4v) is 7.68. The summed E-state index contributed by atoms with van der Waals surface area (Å²) >= 11 is 0. The Balaban J connectivity index is 1.73. The molecule has 0 aromatic rings. The molecule has 4 aliphatic rings. The number of aliphatic hydroxyl groups excluding tert-OH is 1. The van der Waals surface area contributed by atoms with Gasteiger partial charge in [0, 0.05) is 6.61 Å². The maximum atomic E-state index is 10.1. The Morgan fingerprint density at radius 3 is 2.67 bits per heavy atom. The molecule has 4 rings (SSSR count). The lowest BCUT2D eigenvalue weighted by atomic mass is 9.41. The molecule has 118 valence electrons. The first-order chi connectivity index (χ1) is 9.94. The molecule has 0 aromatic carbocycles. The second kappa shape index (κ2) is 4.37. The molecule has 4 saturated carbocycles. The summed E-state index contributed by atoms with van der Waals surface area (Å²) in [6.45, 7) is 9.77. The molecule has 0 radical (unpaired) electrons. The zero-order chi connectivity index (χ0) is 14.9. The molecule has 2 bridgehead atoms. The van der Waals surface area contributed by atoms with Gasteiger partial charge in [0.15, 0.2) is 0 Å². The maximum absolute atomic E-state index is 10.1. The second-order valence-corrected chi connectivity index (χ2v) is 9.49. The number of allylic oxidation sites excluding steroid dienone is 1. The van der Waals surface area contributed by atoms with Crippen LogP contribution in [0.15, 0.2) is 12.2 Å². The van der Waals surface area contributed by atoms with E-state index in [1.165, 1.54) is 57.8 Å². The average Bonchev–Trinajstić information content (AvgIpc) is 2.68. The first-order valence-corrected chi connectivity index (χ1v) is 9.22. The number of fused-ring (bicyclic) bond motifs is 3. The van der Waals surface area contributed by atoms with E-state index in [2.05, 4.69) is 20.4 Å². The zero-order valence-corrected chi connectivity index (χ0v) is 14.0. The van der Waals surface area contributed by atoms with E-state index in [4.69, 9.17) is 0 Å². The predicted molar refractivity (Wildman–Crippen MR) is 86.9 cm³/mol. The van der Waals surface area contributed by atoms with Crippen molar-refractivity contribution in [2.24, 2.45) is 34.0 Å². The SMILES string of the molecule is C=C1C[C@@]23CC[C@@H]4[C@](C)(CO)CCC[C@@]4(C)[C@@H]2CCC1C3. The van der Waals surface area contributed by atoms with Crippen LogP contribution in [0.5, 0.6) is 0 Å². The van der Waals surface area contributed by atoms with Crippen molar-refractivity contribution in [1.29, 1.82) is 0 Å². The standard InChI is InChI=1S/C20H32O/c1-14-11-20-10-7-16-18(2,13-21)8-4-9-19(16,3)17(20)6-5-15(14)12-20/h15-17,21H,1,4-13H2,2-3H3/t15?,16-,17+,18+,19-,20-/m1/s1. The van der Waals surface area contributed by atoms with E-state index in [1.54, 1.807) is 5.57 Å². The van der Waals surface area contributed by atoms with E-state index in [-0.39, 0.29) is 5.41 Å². The van der Waals surface area contributed by atoms with Gasteiger partial charge in [-0.25, -0.2) is 0 Å². The molecule has 6 atom stereocenters. The van der Waals surface area contributed by atoms with Gasteiger partial charge in [0.25, 0.3) is 0 Å². The molecule has 21 heavy (non-hydrogen) atoms. The third-order valence-electron chi connectivity index (χ3n) is 8.54. The quantitative estimate of drug-likeness (QED) is 0.677. The van der Waals surface area contributed by atoms with Crippen LogP contribution in [0, 0.1) is 34.0 Å². The van der Waals surface area contributed by atoms with E-state index >= 15 is 0 Å². The zero-order valence-electron chi connectivity index (χ0n) is 14.0. The molecule has 0 saturated heterocycles. The lowest BCUT2D eigenvalue weighted by Crippen LogP contribution is -2.57. The van der Waals surface area contributed by atoms with Crippen molar-refractivity contribution >= 4 is 0 Å². The van der Waals surface area contributed by atoms with Crippen molar-refractivity contribution in [3.63, 3.8) is 0 Å². The highest BCUT2D eigenvalue weighted by atomic mass is 16.3. The van der Waals surface area contributed by atoms with Crippen LogP contribution in [0.4, 0.5) is 0 Å². The third-order valence-corrected chi connectivity index (χ3v) is 8.54. The molecule has 1 unspecified atom stereocenters. The molecule has 4 fully saturated rings. The first-order valence-electron chi connectivity index (χ1n) is 9.22. The number of hydrogen-bond donors (Lipinski definition) is 1. The van der Waals surface area contributed by atoms with Crippen molar-refractivity contribution in [3.8, 4) is 0 Å². The fourth-order valence-electron chi connectivity index (χ4n) is 7.68. The van der Waals surface area contributed by atoms with E-state index in [0.29, 0.717) is 17.4 Å². The van der Waals surface area contributed by atoms with E-state index in [9.17, 15) is 5.11 Å². The summed E-state index contributed by atoms with van der Waals surface area (Å²) in [6, 6.07) is 0. The van der Waals surface area contributed by atoms with E-state index in [0.717, 1.165) is 17.8 Å². The maximum Gasteiger partial charge on any atom is 0.0487 e. The van der Waals surface area contributed by atoms with Crippen LogP contribution in [-0.2, 0) is 0 Å². The highest BCUT2D eigenvalue weighted by molar-refractivity contribution is 5.22. The van der Waals surface area contributed by atoms with Crippen molar-refractivity contribution in [3.05, 3.63) is 12.2 Å². The summed E-state index contributed by atoms with van der Waals surface area (Å²) < 4.78 is 0. The lowest BCUT2D eigenvalue weighted by Gasteiger charge is -2.64. The van der Waals surface area contributed by atoms with Crippen LogP contribution >= 0.6 is 0 Å². The van der Waals surface area contributed by atoms with Gasteiger partial charge in [-0.3, -0.25) is 0 Å². The molecule has 0 aromatic heterocycles. The Morgan fingerprint density at radius 1 is 1.10 bits per heavy atom. The summed E-state index contributed by atoms with van der Waals surface area (Å²) in [7, 11) is 0. The Hall–Kier alpha value is -0.300. The minimum atomic E-state index is 0.182. The molecular formula is C20H32O. The van der Waals surface area contributed by atoms with Crippen LogP contribution in [0.1, 0.15) is 71.6 Å². The summed E-state index contributed by atoms with van der Waals surface area (Å²) in [5.41, 5.74) is 2.82. The van der Waals surface area contributed by atoms with Gasteiger partial charge in [-0.2, -0.15) is 0 Å². The van der Waals surface area contributed by atoms with E-state index in [1.807, 2.05) is 0 Å². The fraction of sp³-hybridized carbons (Fsp3) is 0.900. The summed E-state index contributed by atoms with van der Waals surface area (Å²) in [6.07, 6.45) is 12.3. The van der Waals surface area contributed by atoms with Crippen molar-refractivity contribution in [1.82, 2.24) is 0 Å². The highest BCUT2D eigenvalue weighted by Crippen LogP contribution is 2.72. The van der Waals surface area contributed by atoms with Gasteiger partial charge < -0.3 is 5.11 Å². The van der Waals surface area contributed by atoms with Gasteiger partial charge >= 0.3 is 0 Å². The molecule has 0 aliphatic heterocycles. The molecule has 1 spiro atoms. The molecule has 4 aliphatic carbocycles. The largest absolute Gasteiger partial charge is 0.396 e. The number of rotatable bonds is 1. The second-order valence-electron chi connectivity index (χ2n) is 9.49. The van der Waals surface area contributed by atoms with Gasteiger partial charge in [0.1, 0.15) is 0 Å². The van der Waals surface area contributed by atoms with Crippen molar-refractivity contribution in [2.45, 2.75) is 71.6 Å². The third kappa shape index (κ3) is 1.73. The smallest absolute Gasteiger partial charge is 0.0487 e. The topological polar surface area (TPSA) is 20.2 Å². The van der Waals surface area contributed by atoms with Crippen molar-refractivity contribution < 1.29 is 5.11 Å². The van der Waals surface area contributed by atoms with Gasteiger partial charge in [-0.05, 0) is 85.4 Å². The summed E-state index contributed by atoms with van der Waals surface area (Å²) in [4.78, 5) is 0. The van der Waals surface area contributed by atoms with Crippen LogP contribution in [-0.4, -0.2) is 11.7 Å². The molecule has 1 N–H and O–H groups in total. The Kier molecular flexibility index (Phi) is 2.98. The summed E-state index contributed by atoms with van der Waals surface area (Å²) in [5, 5.41) is 10.1. The summed E-state index contributed by atoms with van der Waals surface area (Å²) in [5.74, 6) is 2.48. The normalized spacial score (nSPS) is 56.0. The van der Waals surface area contributed by atoms with Gasteiger partial charge in [0.2, 0.25) is 0 Å². The average molecular weight is 288 g/mol. The van der Waals surface area contributed by atoms with Gasteiger partial charge in [-0.15, -0.1) is 0 Å². The molecular weight excluding hydrogens is 256 g/mol. The predicted octanol–water partition coefficient (Wildman–Crippen LogP) is 4.95. The van der Waals surface area contributed by atoms with Gasteiger partial charge in [-0.1, -0.05) is 32.4 Å². The molecule has 1 heteroatoms. The van der Waals surface area contributed by atoms with Crippen molar-refractivity contribution in [2.75, 3.05) is 6.61 Å². The Bertz CT molecular complexity index is 468.